The molecule has 26 heavy (non-hydrogen) atoms. The molecule has 4 N–H and O–H groups in total. The number of carbonyl (C=O) groups is 1. The van der Waals surface area contributed by atoms with Crippen LogP contribution in [0.15, 0.2) is 0 Å². The van der Waals surface area contributed by atoms with Crippen molar-refractivity contribution < 1.29 is 28.0 Å². The SMILES string of the molecule is CCCCCCCCCCCCC(C(=O)NCC(O)CO)S(=O)(=O)O.[Na]. The number of unbranched alkanes of at least 4 members (excludes halogenated alkanes) is 9. The molecule has 0 saturated heterocycles. The average molecular weight is 405 g/mol. The van der Waals surface area contributed by atoms with Gasteiger partial charge in [0.05, 0.1) is 12.7 Å². The Morgan fingerprint density at radius 1 is 0.962 bits per heavy atom. The van der Waals surface area contributed by atoms with Crippen LogP contribution in [0.5, 0.6) is 0 Å². The van der Waals surface area contributed by atoms with Crippen molar-refractivity contribution in [2.45, 2.75) is 88.9 Å². The Balaban J connectivity index is 0. The molecule has 0 bridgehead atoms. The van der Waals surface area contributed by atoms with Crippen molar-refractivity contribution in [2.24, 2.45) is 0 Å². The third-order valence-electron chi connectivity index (χ3n) is 4.19. The van der Waals surface area contributed by atoms with Gasteiger partial charge in [-0.05, 0) is 6.42 Å². The summed E-state index contributed by atoms with van der Waals surface area (Å²) in [5.74, 6) is -0.842. The molecular formula is C17H35NNaO6S. The monoisotopic (exact) mass is 404 g/mol. The van der Waals surface area contributed by atoms with E-state index in [4.69, 9.17) is 5.11 Å². The van der Waals surface area contributed by atoms with E-state index in [1.165, 1.54) is 38.5 Å². The topological polar surface area (TPSA) is 124 Å². The molecule has 2 unspecified atom stereocenters. The van der Waals surface area contributed by atoms with Crippen molar-refractivity contribution in [2.75, 3.05) is 13.2 Å². The number of amides is 1. The van der Waals surface area contributed by atoms with E-state index in [1.54, 1.807) is 0 Å². The zero-order valence-electron chi connectivity index (χ0n) is 16.3. The van der Waals surface area contributed by atoms with Gasteiger partial charge in [0.15, 0.2) is 5.25 Å². The van der Waals surface area contributed by atoms with Crippen LogP contribution in [-0.4, -0.2) is 83.2 Å². The number of hydrogen-bond acceptors (Lipinski definition) is 5. The van der Waals surface area contributed by atoms with E-state index in [9.17, 15) is 22.9 Å². The second-order valence-electron chi connectivity index (χ2n) is 6.56. The van der Waals surface area contributed by atoms with Gasteiger partial charge in [-0.15, -0.1) is 0 Å². The number of aliphatic hydroxyl groups excluding tert-OH is 2. The van der Waals surface area contributed by atoms with Crippen LogP contribution in [0.1, 0.15) is 77.6 Å². The number of hydrogen-bond donors (Lipinski definition) is 4. The van der Waals surface area contributed by atoms with Crippen LogP contribution in [0.4, 0.5) is 0 Å². The van der Waals surface area contributed by atoms with Gasteiger partial charge in [-0.1, -0.05) is 71.1 Å². The van der Waals surface area contributed by atoms with Gasteiger partial charge in [-0.25, -0.2) is 0 Å². The van der Waals surface area contributed by atoms with Gasteiger partial charge in [0.2, 0.25) is 5.91 Å². The normalized spacial score (nSPS) is 13.7. The largest absolute Gasteiger partial charge is 0.394 e. The Labute approximate surface area is 180 Å². The van der Waals surface area contributed by atoms with E-state index in [0.29, 0.717) is 6.42 Å². The molecule has 1 amide bonds. The predicted octanol–water partition coefficient (Wildman–Crippen LogP) is 1.64. The number of nitrogens with one attached hydrogen (secondary N) is 1. The first-order chi connectivity index (χ1) is 11.8. The minimum absolute atomic E-state index is 0. The summed E-state index contributed by atoms with van der Waals surface area (Å²) < 4.78 is 31.9. The average Bonchev–Trinajstić information content (AvgIpc) is 2.56. The first kappa shape index (κ1) is 28.5. The quantitative estimate of drug-likeness (QED) is 0.176. The van der Waals surface area contributed by atoms with E-state index in [2.05, 4.69) is 12.2 Å². The molecule has 0 aromatic rings. The Hall–Kier alpha value is 0.300. The molecule has 0 aliphatic heterocycles. The van der Waals surface area contributed by atoms with Gasteiger partial charge in [0, 0.05) is 36.1 Å². The Morgan fingerprint density at radius 2 is 1.42 bits per heavy atom. The van der Waals surface area contributed by atoms with Crippen molar-refractivity contribution in [3.8, 4) is 0 Å². The van der Waals surface area contributed by atoms with Crippen molar-refractivity contribution in [3.63, 3.8) is 0 Å². The maximum atomic E-state index is 11.9. The molecule has 1 radical (unpaired) electrons. The Morgan fingerprint density at radius 3 is 1.85 bits per heavy atom. The van der Waals surface area contributed by atoms with Crippen LogP contribution in [0, 0.1) is 0 Å². The summed E-state index contributed by atoms with van der Waals surface area (Å²) in [6, 6.07) is 0. The molecule has 0 fully saturated rings. The minimum Gasteiger partial charge on any atom is -0.394 e. The summed E-state index contributed by atoms with van der Waals surface area (Å²) in [4.78, 5) is 11.9. The maximum absolute atomic E-state index is 11.9. The number of aliphatic hydroxyl groups is 2. The van der Waals surface area contributed by atoms with Crippen LogP contribution in [0.2, 0.25) is 0 Å². The fourth-order valence-electron chi connectivity index (χ4n) is 2.63. The van der Waals surface area contributed by atoms with Gasteiger partial charge in [-0.3, -0.25) is 9.35 Å². The molecule has 0 aromatic carbocycles. The van der Waals surface area contributed by atoms with E-state index < -0.39 is 34.0 Å². The molecule has 0 heterocycles. The molecule has 0 saturated carbocycles. The Bertz CT molecular complexity index is 447. The summed E-state index contributed by atoms with van der Waals surface area (Å²) >= 11 is 0. The number of rotatable bonds is 16. The van der Waals surface area contributed by atoms with E-state index >= 15 is 0 Å². The Kier molecular flexibility index (Phi) is 19.1. The summed E-state index contributed by atoms with van der Waals surface area (Å²) in [6.45, 7) is 1.41. The smallest absolute Gasteiger partial charge is 0.276 e. The zero-order valence-corrected chi connectivity index (χ0v) is 19.1. The fraction of sp³-hybridized carbons (Fsp3) is 0.941. The van der Waals surface area contributed by atoms with Gasteiger partial charge in [0.25, 0.3) is 10.1 Å². The molecular weight excluding hydrogens is 369 g/mol. The van der Waals surface area contributed by atoms with E-state index in [-0.39, 0.29) is 42.5 Å². The van der Waals surface area contributed by atoms with E-state index in [1.807, 2.05) is 0 Å². The summed E-state index contributed by atoms with van der Waals surface area (Å²) in [5, 5.41) is 18.6. The molecule has 0 spiro atoms. The summed E-state index contributed by atoms with van der Waals surface area (Å²) in [6.07, 6.45) is 9.80. The van der Waals surface area contributed by atoms with Crippen LogP contribution in [-0.2, 0) is 14.9 Å². The van der Waals surface area contributed by atoms with Crippen molar-refractivity contribution >= 4 is 45.6 Å². The minimum atomic E-state index is -4.49. The van der Waals surface area contributed by atoms with Crippen LogP contribution >= 0.6 is 0 Å². The molecule has 0 aliphatic carbocycles. The molecule has 0 rings (SSSR count). The van der Waals surface area contributed by atoms with Gasteiger partial charge in [0.1, 0.15) is 0 Å². The van der Waals surface area contributed by atoms with Gasteiger partial charge in [-0.2, -0.15) is 8.42 Å². The fourth-order valence-corrected chi connectivity index (χ4v) is 3.45. The van der Waals surface area contributed by atoms with Crippen molar-refractivity contribution in [3.05, 3.63) is 0 Å². The zero-order chi connectivity index (χ0) is 19.1. The summed E-state index contributed by atoms with van der Waals surface area (Å²) in [7, 11) is -4.49. The first-order valence-corrected chi connectivity index (χ1v) is 10.9. The standard InChI is InChI=1S/C17H35NO6S.Na/c1-2-3-4-5-6-7-8-9-10-11-12-16(25(22,23)24)17(21)18-13-15(20)14-19;/h15-16,19-20H,2-14H2,1H3,(H,18,21)(H,22,23,24);. The molecule has 7 nitrogen and oxygen atoms in total. The predicted molar refractivity (Wildman–Crippen MR) is 104 cm³/mol. The van der Waals surface area contributed by atoms with Gasteiger partial charge < -0.3 is 15.5 Å². The molecule has 2 atom stereocenters. The van der Waals surface area contributed by atoms with Crippen LogP contribution < -0.4 is 5.32 Å². The van der Waals surface area contributed by atoms with Gasteiger partial charge >= 0.3 is 0 Å². The maximum Gasteiger partial charge on any atom is 0.276 e. The second kappa shape index (κ2) is 17.4. The molecule has 0 aromatic heterocycles. The first-order valence-electron chi connectivity index (χ1n) is 9.35. The molecule has 9 heteroatoms. The molecule has 0 aliphatic rings. The number of carbonyl (C=O) groups excluding carboxylic acids is 1. The van der Waals surface area contributed by atoms with Crippen LogP contribution in [0.25, 0.3) is 0 Å². The molecule has 151 valence electrons. The third kappa shape index (κ3) is 15.4. The summed E-state index contributed by atoms with van der Waals surface area (Å²) in [5.41, 5.74) is 0. The second-order valence-corrected chi connectivity index (χ2v) is 8.15. The van der Waals surface area contributed by atoms with E-state index in [0.717, 1.165) is 19.3 Å². The van der Waals surface area contributed by atoms with Crippen LogP contribution in [0.3, 0.4) is 0 Å². The van der Waals surface area contributed by atoms with Crippen molar-refractivity contribution in [1.82, 2.24) is 5.32 Å². The third-order valence-corrected chi connectivity index (χ3v) is 5.36. The van der Waals surface area contributed by atoms with Crippen molar-refractivity contribution in [1.29, 1.82) is 0 Å².